The third kappa shape index (κ3) is 3.80. The fourth-order valence-electron chi connectivity index (χ4n) is 2.84. The van der Waals surface area contributed by atoms with E-state index >= 15 is 0 Å². The van der Waals surface area contributed by atoms with Crippen LogP contribution in [-0.2, 0) is 11.8 Å². The Morgan fingerprint density at radius 1 is 1.19 bits per heavy atom. The molecule has 0 saturated carbocycles. The number of nitrogens with zero attached hydrogens (tertiary/aromatic N) is 2. The molecule has 0 fully saturated rings. The van der Waals surface area contributed by atoms with Crippen LogP contribution < -0.4 is 16.6 Å². The van der Waals surface area contributed by atoms with Crippen LogP contribution in [0.25, 0.3) is 21.7 Å². The number of hydrogen-bond acceptors (Lipinski definition) is 5. The van der Waals surface area contributed by atoms with Crippen LogP contribution in [0.4, 0.5) is 4.79 Å². The number of urea groups is 1. The van der Waals surface area contributed by atoms with Crippen molar-refractivity contribution in [1.82, 2.24) is 14.9 Å². The van der Waals surface area contributed by atoms with Crippen molar-refractivity contribution in [3.05, 3.63) is 46.8 Å². The molecule has 27 heavy (non-hydrogen) atoms. The molecule has 1 aromatic heterocycles. The Morgan fingerprint density at radius 3 is 2.41 bits per heavy atom. The molecule has 3 N–H and O–H groups in total. The minimum absolute atomic E-state index is 0.0986. The van der Waals surface area contributed by atoms with Crippen molar-refractivity contribution in [2.75, 3.05) is 0 Å². The van der Waals surface area contributed by atoms with E-state index in [1.807, 2.05) is 50.2 Å². The lowest BCUT2D eigenvalue weighted by atomic mass is 10.1. The monoisotopic (exact) mass is 384 g/mol. The maximum Gasteiger partial charge on any atom is 0.318 e. The Kier molecular flexibility index (Phi) is 5.18. The molecule has 3 aromatic rings. The number of rotatable bonds is 4. The van der Waals surface area contributed by atoms with Crippen molar-refractivity contribution in [3.8, 4) is 0 Å². The van der Waals surface area contributed by atoms with E-state index in [9.17, 15) is 14.4 Å². The molecule has 0 saturated heterocycles. The van der Waals surface area contributed by atoms with E-state index < -0.39 is 17.2 Å². The molecule has 3 amide bonds. The number of fused-ring (bicyclic) bond motifs is 2. The van der Waals surface area contributed by atoms with Crippen LogP contribution in [0.2, 0.25) is 0 Å². The zero-order valence-corrected chi connectivity index (χ0v) is 16.0. The number of carbonyl (C=O) groups is 2. The van der Waals surface area contributed by atoms with Gasteiger partial charge in [0, 0.05) is 7.05 Å². The van der Waals surface area contributed by atoms with Gasteiger partial charge >= 0.3 is 6.03 Å². The molecule has 8 heteroatoms. The molecular weight excluding hydrogens is 364 g/mol. The molecular formula is C19H20N4O3S. The lowest BCUT2D eigenvalue weighted by Gasteiger charge is -2.19. The smallest absolute Gasteiger partial charge is 0.318 e. The van der Waals surface area contributed by atoms with E-state index in [1.54, 1.807) is 7.05 Å². The number of hydrogen-bond donors (Lipinski definition) is 2. The van der Waals surface area contributed by atoms with E-state index in [0.29, 0.717) is 16.1 Å². The summed E-state index contributed by atoms with van der Waals surface area (Å²) < 4.78 is 1.43. The lowest BCUT2D eigenvalue weighted by molar-refractivity contribution is -0.120. The predicted molar refractivity (Wildman–Crippen MR) is 107 cm³/mol. The van der Waals surface area contributed by atoms with Crippen LogP contribution in [0.15, 0.2) is 46.3 Å². The highest BCUT2D eigenvalue weighted by molar-refractivity contribution is 8.00. The molecule has 0 spiro atoms. The van der Waals surface area contributed by atoms with Gasteiger partial charge in [-0.05, 0) is 28.8 Å². The number of nitrogens with one attached hydrogen (secondary N) is 1. The molecule has 0 aliphatic rings. The van der Waals surface area contributed by atoms with Crippen LogP contribution in [0.3, 0.4) is 0 Å². The predicted octanol–water partition coefficient (Wildman–Crippen LogP) is 2.40. The zero-order chi connectivity index (χ0) is 19.7. The average molecular weight is 384 g/mol. The van der Waals surface area contributed by atoms with Gasteiger partial charge in [-0.25, -0.2) is 9.78 Å². The Hall–Kier alpha value is -2.87. The molecule has 7 nitrogen and oxygen atoms in total. The first kappa shape index (κ1) is 18.9. The molecule has 0 unspecified atom stereocenters. The number of aromatic nitrogens is 2. The van der Waals surface area contributed by atoms with Gasteiger partial charge in [0.05, 0.1) is 16.2 Å². The molecule has 0 aliphatic carbocycles. The SMILES string of the molecule is CC(C)[C@H](Sc1nc2cc3ccccc3cc2c(=O)n1C)C(=O)NC(N)=O. The first-order valence-corrected chi connectivity index (χ1v) is 9.32. The van der Waals surface area contributed by atoms with Gasteiger partial charge < -0.3 is 5.73 Å². The minimum Gasteiger partial charge on any atom is -0.351 e. The highest BCUT2D eigenvalue weighted by atomic mass is 32.2. The summed E-state index contributed by atoms with van der Waals surface area (Å²) in [6.45, 7) is 3.70. The first-order valence-electron chi connectivity index (χ1n) is 8.44. The Bertz CT molecular complexity index is 1110. The van der Waals surface area contributed by atoms with Gasteiger partial charge in [0.15, 0.2) is 5.16 Å². The van der Waals surface area contributed by atoms with Gasteiger partial charge in [-0.15, -0.1) is 0 Å². The molecule has 3 rings (SSSR count). The van der Waals surface area contributed by atoms with E-state index in [2.05, 4.69) is 10.3 Å². The standard InChI is InChI=1S/C19H20N4O3S/c1-10(2)15(16(24)22-18(20)26)27-19-21-14-9-12-7-5-4-6-11(12)8-13(14)17(25)23(19)3/h4-10,15H,1-3H3,(H3,20,22,24,26)/t15-/m0/s1. The fraction of sp³-hybridized carbons (Fsp3) is 0.263. The molecule has 0 bridgehead atoms. The van der Waals surface area contributed by atoms with Crippen LogP contribution in [0.5, 0.6) is 0 Å². The zero-order valence-electron chi connectivity index (χ0n) is 15.2. The third-order valence-corrected chi connectivity index (χ3v) is 5.83. The lowest BCUT2D eigenvalue weighted by Crippen LogP contribution is -2.42. The summed E-state index contributed by atoms with van der Waals surface area (Å²) in [6.07, 6.45) is 0. The van der Waals surface area contributed by atoms with Gasteiger partial charge in [0.25, 0.3) is 5.56 Å². The summed E-state index contributed by atoms with van der Waals surface area (Å²) in [4.78, 5) is 40.7. The van der Waals surface area contributed by atoms with E-state index in [4.69, 9.17) is 5.73 Å². The summed E-state index contributed by atoms with van der Waals surface area (Å²) in [7, 11) is 1.62. The number of imide groups is 1. The van der Waals surface area contributed by atoms with Crippen molar-refractivity contribution < 1.29 is 9.59 Å². The molecule has 0 aliphatic heterocycles. The van der Waals surface area contributed by atoms with Crippen LogP contribution in [0.1, 0.15) is 13.8 Å². The largest absolute Gasteiger partial charge is 0.351 e. The maximum absolute atomic E-state index is 12.8. The summed E-state index contributed by atoms with van der Waals surface area (Å²) in [5.41, 5.74) is 5.43. The van der Waals surface area contributed by atoms with E-state index in [1.165, 1.54) is 4.57 Å². The third-order valence-electron chi connectivity index (χ3n) is 4.24. The van der Waals surface area contributed by atoms with Crippen molar-refractivity contribution in [1.29, 1.82) is 0 Å². The fourth-order valence-corrected chi connectivity index (χ4v) is 3.90. The first-order chi connectivity index (χ1) is 12.8. The minimum atomic E-state index is -0.905. The second kappa shape index (κ2) is 7.40. The molecule has 1 heterocycles. The highest BCUT2D eigenvalue weighted by Crippen LogP contribution is 2.28. The normalized spacial score (nSPS) is 12.4. The number of nitrogens with two attached hydrogens (primary N) is 1. The topological polar surface area (TPSA) is 107 Å². The molecule has 1 atom stereocenters. The second-order valence-corrected chi connectivity index (χ2v) is 7.72. The number of amides is 3. The maximum atomic E-state index is 12.8. The molecule has 140 valence electrons. The second-order valence-electron chi connectivity index (χ2n) is 6.61. The van der Waals surface area contributed by atoms with Gasteiger partial charge in [-0.2, -0.15) is 0 Å². The number of benzene rings is 2. The highest BCUT2D eigenvalue weighted by Gasteiger charge is 2.26. The van der Waals surface area contributed by atoms with E-state index in [-0.39, 0.29) is 11.5 Å². The van der Waals surface area contributed by atoms with Gasteiger partial charge in [-0.1, -0.05) is 49.9 Å². The van der Waals surface area contributed by atoms with Crippen molar-refractivity contribution in [2.45, 2.75) is 24.3 Å². The number of thioether (sulfide) groups is 1. The van der Waals surface area contributed by atoms with Crippen LogP contribution >= 0.6 is 11.8 Å². The molecule has 0 radical (unpaired) electrons. The van der Waals surface area contributed by atoms with Crippen molar-refractivity contribution in [2.24, 2.45) is 18.7 Å². The number of carbonyl (C=O) groups excluding carboxylic acids is 2. The van der Waals surface area contributed by atoms with E-state index in [0.717, 1.165) is 22.5 Å². The summed E-state index contributed by atoms with van der Waals surface area (Å²) >= 11 is 1.14. The van der Waals surface area contributed by atoms with Crippen molar-refractivity contribution in [3.63, 3.8) is 0 Å². The van der Waals surface area contributed by atoms with Gasteiger partial charge in [0.1, 0.15) is 0 Å². The summed E-state index contributed by atoms with van der Waals surface area (Å²) in [6, 6.07) is 10.5. The molecule has 2 aromatic carbocycles. The Labute approximate surface area is 159 Å². The number of primary amides is 1. The van der Waals surface area contributed by atoms with Crippen molar-refractivity contribution >= 4 is 45.4 Å². The Balaban J connectivity index is 2.09. The summed E-state index contributed by atoms with van der Waals surface area (Å²) in [5.74, 6) is -0.603. The van der Waals surface area contributed by atoms with Gasteiger partial charge in [0.2, 0.25) is 5.91 Å². The average Bonchev–Trinajstić information content (AvgIpc) is 2.61. The van der Waals surface area contributed by atoms with Crippen LogP contribution in [0, 0.1) is 5.92 Å². The summed E-state index contributed by atoms with van der Waals surface area (Å²) in [5, 5.41) is 4.35. The van der Waals surface area contributed by atoms with Gasteiger partial charge in [-0.3, -0.25) is 19.5 Å². The Morgan fingerprint density at radius 2 is 1.81 bits per heavy atom. The quantitative estimate of drug-likeness (QED) is 0.408. The van der Waals surface area contributed by atoms with Crippen LogP contribution in [-0.4, -0.2) is 26.7 Å².